The molecule has 2 amide bonds. The number of benzene rings is 1. The summed E-state index contributed by atoms with van der Waals surface area (Å²) in [6.07, 6.45) is -5.62. The van der Waals surface area contributed by atoms with E-state index in [1.54, 1.807) is 0 Å². The Morgan fingerprint density at radius 3 is 2.60 bits per heavy atom. The van der Waals surface area contributed by atoms with Crippen molar-refractivity contribution in [1.82, 2.24) is 5.32 Å². The summed E-state index contributed by atoms with van der Waals surface area (Å²) in [7, 11) is 0. The third-order valence-corrected chi connectivity index (χ3v) is 2.51. The normalized spacial score (nSPS) is 12.9. The minimum Gasteiger partial charge on any atom is -0.394 e. The highest BCUT2D eigenvalue weighted by molar-refractivity contribution is 5.89. The number of hydrogen-bond acceptors (Lipinski definition) is 3. The Morgan fingerprint density at radius 1 is 1.40 bits per heavy atom. The predicted molar refractivity (Wildman–Crippen MR) is 66.3 cm³/mol. The number of anilines is 1. The molecule has 4 N–H and O–H groups in total. The van der Waals surface area contributed by atoms with Crippen LogP contribution >= 0.6 is 0 Å². The second kappa shape index (κ2) is 6.58. The molecule has 0 bridgehead atoms. The summed E-state index contributed by atoms with van der Waals surface area (Å²) < 4.78 is 38.0. The molecule has 0 radical (unpaired) electrons. The van der Waals surface area contributed by atoms with Gasteiger partial charge >= 0.3 is 12.2 Å². The van der Waals surface area contributed by atoms with E-state index in [-0.39, 0.29) is 17.8 Å². The van der Waals surface area contributed by atoms with Crippen molar-refractivity contribution in [3.63, 3.8) is 0 Å². The lowest BCUT2D eigenvalue weighted by atomic mass is 10.1. The van der Waals surface area contributed by atoms with Crippen LogP contribution in [0.3, 0.4) is 0 Å². The fourth-order valence-corrected chi connectivity index (χ4v) is 1.46. The summed E-state index contributed by atoms with van der Waals surface area (Å²) in [5, 5.41) is 22.0. The fourth-order valence-electron chi connectivity index (χ4n) is 1.46. The number of amides is 2. The number of carbonyl (C=O) groups excluding carboxylic acids is 1. The van der Waals surface area contributed by atoms with Crippen molar-refractivity contribution in [2.45, 2.75) is 19.2 Å². The second-order valence-electron chi connectivity index (χ2n) is 4.20. The molecule has 5 nitrogen and oxygen atoms in total. The maximum Gasteiger partial charge on any atom is 0.416 e. The smallest absolute Gasteiger partial charge is 0.394 e. The van der Waals surface area contributed by atoms with E-state index in [4.69, 9.17) is 10.2 Å². The number of aliphatic hydroxyl groups is 2. The molecule has 1 unspecified atom stereocenters. The summed E-state index contributed by atoms with van der Waals surface area (Å²) in [5.41, 5.74) is -0.788. The minimum atomic E-state index is -4.49. The molecule has 1 aromatic rings. The standard InChI is InChI=1S/C12H15F3N2O3/c1-7-2-3-8(4-10(7)12(13,14)15)17-11(20)16-5-9(19)6-18/h2-4,9,18-19H,5-6H2,1H3,(H2,16,17,20). The van der Waals surface area contributed by atoms with Crippen LogP contribution in [0.2, 0.25) is 0 Å². The molecule has 1 rings (SSSR count). The summed E-state index contributed by atoms with van der Waals surface area (Å²) in [4.78, 5) is 11.4. The van der Waals surface area contributed by atoms with Gasteiger partial charge in [-0.3, -0.25) is 0 Å². The number of aryl methyl sites for hydroxylation is 1. The molecule has 1 aromatic carbocycles. The lowest BCUT2D eigenvalue weighted by Crippen LogP contribution is -2.36. The van der Waals surface area contributed by atoms with Gasteiger partial charge in [0, 0.05) is 12.2 Å². The number of carbonyl (C=O) groups is 1. The summed E-state index contributed by atoms with van der Waals surface area (Å²) in [6, 6.07) is 2.65. The van der Waals surface area contributed by atoms with Gasteiger partial charge in [0.25, 0.3) is 0 Å². The zero-order valence-electron chi connectivity index (χ0n) is 10.7. The molecule has 0 aliphatic carbocycles. The molecule has 0 aromatic heterocycles. The highest BCUT2D eigenvalue weighted by atomic mass is 19.4. The number of hydrogen-bond donors (Lipinski definition) is 4. The van der Waals surface area contributed by atoms with Crippen molar-refractivity contribution in [1.29, 1.82) is 0 Å². The quantitative estimate of drug-likeness (QED) is 0.678. The Hall–Kier alpha value is -1.80. The van der Waals surface area contributed by atoms with Crippen LogP contribution in [0.25, 0.3) is 0 Å². The molecule has 20 heavy (non-hydrogen) atoms. The first kappa shape index (κ1) is 16.3. The number of nitrogens with one attached hydrogen (secondary N) is 2. The number of halogens is 3. The van der Waals surface area contributed by atoms with Crippen LogP contribution in [0.1, 0.15) is 11.1 Å². The highest BCUT2D eigenvalue weighted by Gasteiger charge is 2.32. The van der Waals surface area contributed by atoms with Crippen molar-refractivity contribution in [2.24, 2.45) is 0 Å². The van der Waals surface area contributed by atoms with Gasteiger partial charge < -0.3 is 20.8 Å². The molecule has 0 aliphatic heterocycles. The Balaban J connectivity index is 2.71. The second-order valence-corrected chi connectivity index (χ2v) is 4.20. The topological polar surface area (TPSA) is 81.6 Å². The van der Waals surface area contributed by atoms with Crippen molar-refractivity contribution in [3.8, 4) is 0 Å². The van der Waals surface area contributed by atoms with Crippen LogP contribution in [0.15, 0.2) is 18.2 Å². The van der Waals surface area contributed by atoms with E-state index < -0.39 is 30.5 Å². The average Bonchev–Trinajstić information content (AvgIpc) is 2.37. The number of alkyl halides is 3. The molecule has 0 heterocycles. The van der Waals surface area contributed by atoms with Gasteiger partial charge in [-0.15, -0.1) is 0 Å². The lowest BCUT2D eigenvalue weighted by Gasteiger charge is -2.14. The van der Waals surface area contributed by atoms with Gasteiger partial charge in [0.15, 0.2) is 0 Å². The van der Waals surface area contributed by atoms with Gasteiger partial charge in [-0.1, -0.05) is 6.07 Å². The summed E-state index contributed by atoms with van der Waals surface area (Å²) in [6.45, 7) is 0.591. The van der Waals surface area contributed by atoms with Crippen LogP contribution < -0.4 is 10.6 Å². The van der Waals surface area contributed by atoms with Crippen molar-refractivity contribution in [2.75, 3.05) is 18.5 Å². The van der Waals surface area contributed by atoms with E-state index in [1.165, 1.54) is 19.1 Å². The number of aliphatic hydroxyl groups excluding tert-OH is 2. The molecule has 0 saturated heterocycles. The molecule has 0 fully saturated rings. The van der Waals surface area contributed by atoms with E-state index in [0.29, 0.717) is 0 Å². The maximum absolute atomic E-state index is 12.7. The van der Waals surface area contributed by atoms with Gasteiger partial charge in [0.05, 0.1) is 18.3 Å². The molecule has 0 spiro atoms. The Bertz CT molecular complexity index is 478. The third-order valence-electron chi connectivity index (χ3n) is 2.51. The van der Waals surface area contributed by atoms with Gasteiger partial charge in [0.1, 0.15) is 0 Å². The van der Waals surface area contributed by atoms with Crippen LogP contribution in [-0.4, -0.2) is 35.5 Å². The molecule has 112 valence electrons. The van der Waals surface area contributed by atoms with Gasteiger partial charge in [-0.25, -0.2) is 4.79 Å². The largest absolute Gasteiger partial charge is 0.416 e. The van der Waals surface area contributed by atoms with Crippen LogP contribution in [-0.2, 0) is 6.18 Å². The summed E-state index contributed by atoms with van der Waals surface area (Å²) in [5.74, 6) is 0. The van der Waals surface area contributed by atoms with Crippen molar-refractivity contribution < 1.29 is 28.2 Å². The van der Waals surface area contributed by atoms with Crippen molar-refractivity contribution >= 4 is 11.7 Å². The average molecular weight is 292 g/mol. The van der Waals surface area contributed by atoms with Gasteiger partial charge in [0.2, 0.25) is 0 Å². The SMILES string of the molecule is Cc1ccc(NC(=O)NCC(O)CO)cc1C(F)(F)F. The minimum absolute atomic E-state index is 0.0149. The molecule has 0 aliphatic rings. The van der Waals surface area contributed by atoms with E-state index in [9.17, 15) is 18.0 Å². The zero-order chi connectivity index (χ0) is 15.3. The molecule has 8 heteroatoms. The Kier molecular flexibility index (Phi) is 5.34. The third kappa shape index (κ3) is 4.71. The highest BCUT2D eigenvalue weighted by Crippen LogP contribution is 2.33. The molecule has 1 atom stereocenters. The Morgan fingerprint density at radius 2 is 2.05 bits per heavy atom. The first-order valence-corrected chi connectivity index (χ1v) is 5.75. The number of urea groups is 1. The van der Waals surface area contributed by atoms with E-state index in [0.717, 1.165) is 6.07 Å². The van der Waals surface area contributed by atoms with Crippen LogP contribution in [0, 0.1) is 6.92 Å². The molecular formula is C12H15F3N2O3. The lowest BCUT2D eigenvalue weighted by molar-refractivity contribution is -0.138. The van der Waals surface area contributed by atoms with E-state index in [2.05, 4.69) is 10.6 Å². The zero-order valence-corrected chi connectivity index (χ0v) is 10.7. The van der Waals surface area contributed by atoms with E-state index >= 15 is 0 Å². The van der Waals surface area contributed by atoms with E-state index in [1.807, 2.05) is 0 Å². The van der Waals surface area contributed by atoms with Crippen molar-refractivity contribution in [3.05, 3.63) is 29.3 Å². The first-order chi connectivity index (χ1) is 9.24. The Labute approximate surface area is 113 Å². The monoisotopic (exact) mass is 292 g/mol. The first-order valence-electron chi connectivity index (χ1n) is 5.75. The predicted octanol–water partition coefficient (Wildman–Crippen LogP) is 1.49. The van der Waals surface area contributed by atoms with Gasteiger partial charge in [-0.2, -0.15) is 13.2 Å². The number of rotatable bonds is 4. The van der Waals surface area contributed by atoms with Crippen LogP contribution in [0.4, 0.5) is 23.7 Å². The molecule has 0 saturated carbocycles. The molecular weight excluding hydrogens is 277 g/mol. The van der Waals surface area contributed by atoms with Gasteiger partial charge in [-0.05, 0) is 24.6 Å². The maximum atomic E-state index is 12.7. The van der Waals surface area contributed by atoms with Crippen LogP contribution in [0.5, 0.6) is 0 Å². The summed E-state index contributed by atoms with van der Waals surface area (Å²) >= 11 is 0. The fraction of sp³-hybridized carbons (Fsp3) is 0.417.